The van der Waals surface area contributed by atoms with Crippen LogP contribution in [-0.4, -0.2) is 22.8 Å². The molecule has 1 saturated heterocycles. The van der Waals surface area contributed by atoms with Crippen LogP contribution < -0.4 is 5.32 Å². The number of halogens is 1. The van der Waals surface area contributed by atoms with Crippen molar-refractivity contribution in [3.63, 3.8) is 0 Å². The van der Waals surface area contributed by atoms with Gasteiger partial charge in [-0.2, -0.15) is 0 Å². The Morgan fingerprint density at radius 1 is 1.33 bits per heavy atom. The van der Waals surface area contributed by atoms with Gasteiger partial charge in [-0.1, -0.05) is 18.2 Å². The van der Waals surface area contributed by atoms with Crippen molar-refractivity contribution in [2.75, 3.05) is 0 Å². The Morgan fingerprint density at radius 2 is 2.12 bits per heavy atom. The van der Waals surface area contributed by atoms with E-state index in [9.17, 15) is 14.0 Å². The average molecular weight is 330 g/mol. The van der Waals surface area contributed by atoms with Gasteiger partial charge in [-0.05, 0) is 31.5 Å². The zero-order chi connectivity index (χ0) is 17.1. The predicted octanol–water partition coefficient (Wildman–Crippen LogP) is 2.53. The summed E-state index contributed by atoms with van der Waals surface area (Å²) in [6.07, 6.45) is 0.791. The van der Waals surface area contributed by atoms with Crippen LogP contribution in [-0.2, 0) is 22.7 Å². The lowest BCUT2D eigenvalue weighted by atomic mass is 10.1. The summed E-state index contributed by atoms with van der Waals surface area (Å²) >= 11 is 0. The molecule has 1 aliphatic rings. The molecule has 2 aromatic rings. The number of carbonyl (C=O) groups is 2. The number of rotatable bonds is 5. The highest BCUT2D eigenvalue weighted by Gasteiger charge is 2.36. The molecule has 1 N–H and O–H groups in total. The Balaban J connectivity index is 1.64. The molecule has 3 rings (SSSR count). The van der Waals surface area contributed by atoms with E-state index >= 15 is 0 Å². The molecule has 2 heterocycles. The van der Waals surface area contributed by atoms with E-state index in [1.807, 2.05) is 13.0 Å². The van der Waals surface area contributed by atoms with Crippen LogP contribution in [0.4, 0.5) is 4.39 Å². The smallest absolute Gasteiger partial charge is 0.243 e. The lowest BCUT2D eigenvalue weighted by Crippen LogP contribution is -2.44. The topological polar surface area (TPSA) is 62.6 Å². The minimum absolute atomic E-state index is 0.0740. The Hall–Kier alpha value is -2.63. The molecule has 0 bridgehead atoms. The molecular weight excluding hydrogens is 311 g/mol. The summed E-state index contributed by atoms with van der Waals surface area (Å²) in [5.41, 5.74) is 0.420. The molecule has 0 aliphatic carbocycles. The monoisotopic (exact) mass is 330 g/mol. The minimum Gasteiger partial charge on any atom is -0.464 e. The largest absolute Gasteiger partial charge is 0.464 e. The van der Waals surface area contributed by atoms with Crippen LogP contribution in [0.2, 0.25) is 0 Å². The molecule has 0 saturated carbocycles. The Kier molecular flexibility index (Phi) is 4.64. The van der Waals surface area contributed by atoms with Gasteiger partial charge in [0.2, 0.25) is 11.8 Å². The standard InChI is InChI=1S/C18H19FN2O3/c1-12-6-7-14(24-12)11-21-16(8-9-17(21)22)18(23)20-10-13-4-2-3-5-15(13)19/h2-7,16H,8-11H2,1H3,(H,20,23). The molecule has 5 nitrogen and oxygen atoms in total. The molecule has 6 heteroatoms. The quantitative estimate of drug-likeness (QED) is 0.916. The van der Waals surface area contributed by atoms with Crippen molar-refractivity contribution < 1.29 is 18.4 Å². The van der Waals surface area contributed by atoms with E-state index in [0.29, 0.717) is 24.2 Å². The number of nitrogens with one attached hydrogen (secondary N) is 1. The molecule has 0 spiro atoms. The third-order valence-corrected chi connectivity index (χ3v) is 4.16. The van der Waals surface area contributed by atoms with Gasteiger partial charge >= 0.3 is 0 Å². The van der Waals surface area contributed by atoms with Crippen molar-refractivity contribution in [2.24, 2.45) is 0 Å². The van der Waals surface area contributed by atoms with Crippen LogP contribution >= 0.6 is 0 Å². The second kappa shape index (κ2) is 6.86. The molecule has 1 aromatic carbocycles. The normalized spacial score (nSPS) is 17.3. The third-order valence-electron chi connectivity index (χ3n) is 4.16. The lowest BCUT2D eigenvalue weighted by Gasteiger charge is -2.23. The van der Waals surface area contributed by atoms with E-state index in [4.69, 9.17) is 4.42 Å². The zero-order valence-electron chi connectivity index (χ0n) is 13.4. The first-order valence-electron chi connectivity index (χ1n) is 7.90. The van der Waals surface area contributed by atoms with Gasteiger partial charge in [0.15, 0.2) is 0 Å². The van der Waals surface area contributed by atoms with E-state index in [0.717, 1.165) is 5.76 Å². The van der Waals surface area contributed by atoms with Gasteiger partial charge in [0.25, 0.3) is 0 Å². The van der Waals surface area contributed by atoms with E-state index in [-0.39, 0.29) is 30.7 Å². The van der Waals surface area contributed by atoms with Gasteiger partial charge in [-0.3, -0.25) is 9.59 Å². The highest BCUT2D eigenvalue weighted by atomic mass is 19.1. The second-order valence-electron chi connectivity index (χ2n) is 5.90. The molecule has 126 valence electrons. The Labute approximate surface area is 139 Å². The molecule has 1 atom stereocenters. The van der Waals surface area contributed by atoms with Crippen LogP contribution in [0.3, 0.4) is 0 Å². The van der Waals surface area contributed by atoms with E-state index in [2.05, 4.69) is 5.32 Å². The summed E-state index contributed by atoms with van der Waals surface area (Å²) in [4.78, 5) is 26.0. The molecule has 1 aromatic heterocycles. The predicted molar refractivity (Wildman–Crippen MR) is 85.3 cm³/mol. The van der Waals surface area contributed by atoms with Crippen molar-refractivity contribution in [2.45, 2.75) is 38.9 Å². The molecule has 1 unspecified atom stereocenters. The van der Waals surface area contributed by atoms with Crippen LogP contribution in [0.25, 0.3) is 0 Å². The number of furan rings is 1. The highest BCUT2D eigenvalue weighted by molar-refractivity contribution is 5.90. The number of carbonyl (C=O) groups excluding carboxylic acids is 2. The summed E-state index contributed by atoms with van der Waals surface area (Å²) in [5, 5.41) is 2.72. The maximum Gasteiger partial charge on any atom is 0.243 e. The lowest BCUT2D eigenvalue weighted by molar-refractivity contribution is -0.136. The molecule has 24 heavy (non-hydrogen) atoms. The van der Waals surface area contributed by atoms with Crippen molar-refractivity contribution in [1.82, 2.24) is 10.2 Å². The Bertz CT molecular complexity index is 756. The maximum absolute atomic E-state index is 13.6. The average Bonchev–Trinajstić information content (AvgIpc) is 3.13. The summed E-state index contributed by atoms with van der Waals surface area (Å²) in [7, 11) is 0. The first-order chi connectivity index (χ1) is 11.5. The van der Waals surface area contributed by atoms with Gasteiger partial charge in [-0.25, -0.2) is 4.39 Å². The fourth-order valence-electron chi connectivity index (χ4n) is 2.88. The zero-order valence-corrected chi connectivity index (χ0v) is 13.4. The van der Waals surface area contributed by atoms with E-state index < -0.39 is 6.04 Å². The Morgan fingerprint density at radius 3 is 2.83 bits per heavy atom. The van der Waals surface area contributed by atoms with E-state index in [1.165, 1.54) is 11.0 Å². The number of amides is 2. The van der Waals surface area contributed by atoms with Gasteiger partial charge in [0, 0.05) is 18.5 Å². The van der Waals surface area contributed by atoms with Crippen LogP contribution in [0, 0.1) is 12.7 Å². The first kappa shape index (κ1) is 16.2. The molecule has 2 amide bonds. The number of hydrogen-bond acceptors (Lipinski definition) is 3. The van der Waals surface area contributed by atoms with Crippen LogP contribution in [0.15, 0.2) is 40.8 Å². The van der Waals surface area contributed by atoms with Gasteiger partial charge in [0.1, 0.15) is 23.4 Å². The minimum atomic E-state index is -0.547. The molecule has 1 aliphatic heterocycles. The van der Waals surface area contributed by atoms with Gasteiger partial charge in [0.05, 0.1) is 6.54 Å². The first-order valence-corrected chi connectivity index (χ1v) is 7.90. The van der Waals surface area contributed by atoms with Crippen molar-refractivity contribution in [1.29, 1.82) is 0 Å². The second-order valence-corrected chi connectivity index (χ2v) is 5.90. The van der Waals surface area contributed by atoms with Crippen LogP contribution in [0.1, 0.15) is 29.9 Å². The van der Waals surface area contributed by atoms with Crippen molar-refractivity contribution in [3.8, 4) is 0 Å². The van der Waals surface area contributed by atoms with Gasteiger partial charge in [-0.15, -0.1) is 0 Å². The summed E-state index contributed by atoms with van der Waals surface area (Å²) in [6.45, 7) is 2.20. The summed E-state index contributed by atoms with van der Waals surface area (Å²) in [5.74, 6) is 0.706. The number of nitrogens with zero attached hydrogens (tertiary/aromatic N) is 1. The van der Waals surface area contributed by atoms with Crippen molar-refractivity contribution in [3.05, 3.63) is 59.3 Å². The third kappa shape index (κ3) is 3.48. The number of benzene rings is 1. The maximum atomic E-state index is 13.6. The highest BCUT2D eigenvalue weighted by Crippen LogP contribution is 2.22. The number of aryl methyl sites for hydroxylation is 1. The fraction of sp³-hybridized carbons (Fsp3) is 0.333. The van der Waals surface area contributed by atoms with Gasteiger partial charge < -0.3 is 14.6 Å². The molecule has 0 radical (unpaired) electrons. The summed E-state index contributed by atoms with van der Waals surface area (Å²) in [6, 6.07) is 9.37. The van der Waals surface area contributed by atoms with Crippen LogP contribution in [0.5, 0.6) is 0 Å². The SMILES string of the molecule is Cc1ccc(CN2C(=O)CCC2C(=O)NCc2ccccc2F)o1. The van der Waals surface area contributed by atoms with Crippen molar-refractivity contribution >= 4 is 11.8 Å². The summed E-state index contributed by atoms with van der Waals surface area (Å²) < 4.78 is 19.1. The fourth-order valence-corrected chi connectivity index (χ4v) is 2.88. The molecular formula is C18H19FN2O3. The van der Waals surface area contributed by atoms with E-state index in [1.54, 1.807) is 24.3 Å². The molecule has 1 fully saturated rings. The number of hydrogen-bond donors (Lipinski definition) is 1. The number of likely N-dealkylation sites (tertiary alicyclic amines) is 1.